The van der Waals surface area contributed by atoms with Gasteiger partial charge in [0.1, 0.15) is 5.69 Å². The highest BCUT2D eigenvalue weighted by molar-refractivity contribution is 5.92. The zero-order valence-corrected chi connectivity index (χ0v) is 13.9. The van der Waals surface area contributed by atoms with E-state index in [4.69, 9.17) is 9.47 Å². The zero-order valence-electron chi connectivity index (χ0n) is 13.9. The molecule has 0 fully saturated rings. The first-order valence-corrected chi connectivity index (χ1v) is 7.31. The zero-order chi connectivity index (χ0) is 17.5. The van der Waals surface area contributed by atoms with Gasteiger partial charge in [-0.25, -0.2) is 9.97 Å². The number of benzene rings is 1. The summed E-state index contributed by atoms with van der Waals surface area (Å²) in [5.74, 6) is 1.25. The third-order valence-electron chi connectivity index (χ3n) is 3.13. The molecule has 0 unspecified atom stereocenters. The Morgan fingerprint density at radius 2 is 1.96 bits per heavy atom. The van der Waals surface area contributed by atoms with Crippen LogP contribution in [0.25, 0.3) is 0 Å². The number of nitrogens with one attached hydrogen (secondary N) is 2. The summed E-state index contributed by atoms with van der Waals surface area (Å²) < 4.78 is 10.5. The van der Waals surface area contributed by atoms with Crippen LogP contribution in [0, 0.1) is 6.92 Å². The molecule has 2 aromatic rings. The summed E-state index contributed by atoms with van der Waals surface area (Å²) in [6.07, 6.45) is 1.61. The predicted octanol–water partition coefficient (Wildman–Crippen LogP) is 2.46. The number of rotatable bonds is 7. The van der Waals surface area contributed by atoms with E-state index in [9.17, 15) is 4.79 Å². The maximum atomic E-state index is 12.0. The second kappa shape index (κ2) is 7.96. The van der Waals surface area contributed by atoms with Crippen LogP contribution >= 0.6 is 0 Å². The molecule has 24 heavy (non-hydrogen) atoms. The number of carbonyl (C=O) groups excluding carboxylic acids is 1. The van der Waals surface area contributed by atoms with Crippen molar-refractivity contribution in [2.24, 2.45) is 0 Å². The third kappa shape index (κ3) is 4.22. The van der Waals surface area contributed by atoms with Crippen molar-refractivity contribution in [3.05, 3.63) is 48.3 Å². The first kappa shape index (κ1) is 17.3. The molecule has 0 aliphatic rings. The van der Waals surface area contributed by atoms with Gasteiger partial charge in [-0.2, -0.15) is 0 Å². The molecule has 0 spiro atoms. The van der Waals surface area contributed by atoms with E-state index >= 15 is 0 Å². The molecule has 2 rings (SSSR count). The Kier molecular flexibility index (Phi) is 5.73. The van der Waals surface area contributed by atoms with Crippen LogP contribution in [0.1, 0.15) is 16.2 Å². The number of aromatic nitrogens is 2. The van der Waals surface area contributed by atoms with E-state index in [2.05, 4.69) is 27.2 Å². The molecule has 1 aromatic carbocycles. The van der Waals surface area contributed by atoms with Crippen molar-refractivity contribution < 1.29 is 14.3 Å². The molecule has 2 N–H and O–H groups in total. The Morgan fingerprint density at radius 3 is 2.62 bits per heavy atom. The van der Waals surface area contributed by atoms with Gasteiger partial charge in [0.15, 0.2) is 11.5 Å². The van der Waals surface area contributed by atoms with E-state index in [1.807, 2.05) is 6.07 Å². The van der Waals surface area contributed by atoms with Crippen molar-refractivity contribution in [3.8, 4) is 11.5 Å². The molecule has 1 aromatic heterocycles. The van der Waals surface area contributed by atoms with Gasteiger partial charge >= 0.3 is 0 Å². The molecule has 0 atom stereocenters. The molecule has 0 saturated heterocycles. The van der Waals surface area contributed by atoms with Crippen molar-refractivity contribution in [1.29, 1.82) is 0 Å². The normalized spacial score (nSPS) is 9.96. The molecule has 126 valence electrons. The van der Waals surface area contributed by atoms with Crippen LogP contribution in [0.2, 0.25) is 0 Å². The number of hydrogen-bond donors (Lipinski definition) is 2. The van der Waals surface area contributed by atoms with E-state index in [0.717, 1.165) is 5.69 Å². The minimum atomic E-state index is -0.282. The third-order valence-corrected chi connectivity index (χ3v) is 3.13. The number of carbonyl (C=O) groups is 1. The fourth-order valence-corrected chi connectivity index (χ4v) is 2.04. The van der Waals surface area contributed by atoms with Gasteiger partial charge in [-0.05, 0) is 25.1 Å². The molecule has 1 amide bonds. The number of methoxy groups -OCH3 is 2. The Hall–Kier alpha value is -3.09. The van der Waals surface area contributed by atoms with Crippen molar-refractivity contribution in [1.82, 2.24) is 15.3 Å². The van der Waals surface area contributed by atoms with E-state index in [-0.39, 0.29) is 11.6 Å². The topological polar surface area (TPSA) is 85.4 Å². The van der Waals surface area contributed by atoms with E-state index in [0.29, 0.717) is 29.7 Å². The van der Waals surface area contributed by atoms with Gasteiger partial charge in [-0.15, -0.1) is 6.58 Å². The number of ether oxygens (including phenoxy) is 2. The first-order chi connectivity index (χ1) is 11.6. The Labute approximate surface area is 140 Å². The number of hydrogen-bond acceptors (Lipinski definition) is 6. The molecule has 7 nitrogen and oxygen atoms in total. The molecule has 0 aliphatic heterocycles. The Bertz CT molecular complexity index is 747. The SMILES string of the molecule is C=CCNC(=O)c1cc(C)nc(Nc2ccc(OC)c(OC)c2)n1. The van der Waals surface area contributed by atoms with Gasteiger partial charge in [0.25, 0.3) is 5.91 Å². The van der Waals surface area contributed by atoms with Crippen LogP contribution in [0.15, 0.2) is 36.9 Å². The summed E-state index contributed by atoms with van der Waals surface area (Å²) >= 11 is 0. The highest BCUT2D eigenvalue weighted by Gasteiger charge is 2.11. The number of nitrogens with zero attached hydrogens (tertiary/aromatic N) is 2. The van der Waals surface area contributed by atoms with Crippen LogP contribution in [-0.2, 0) is 0 Å². The Morgan fingerprint density at radius 1 is 1.21 bits per heavy atom. The lowest BCUT2D eigenvalue weighted by Crippen LogP contribution is -2.24. The number of anilines is 2. The van der Waals surface area contributed by atoms with E-state index in [1.54, 1.807) is 45.4 Å². The van der Waals surface area contributed by atoms with Gasteiger partial charge in [0.05, 0.1) is 14.2 Å². The fourth-order valence-electron chi connectivity index (χ4n) is 2.04. The predicted molar refractivity (Wildman–Crippen MR) is 92.1 cm³/mol. The summed E-state index contributed by atoms with van der Waals surface area (Å²) in [5.41, 5.74) is 1.68. The minimum Gasteiger partial charge on any atom is -0.493 e. The quantitative estimate of drug-likeness (QED) is 0.760. The molecule has 0 saturated carbocycles. The maximum absolute atomic E-state index is 12.0. The molecular weight excluding hydrogens is 308 g/mol. The summed E-state index contributed by atoms with van der Waals surface area (Å²) in [6.45, 7) is 5.74. The lowest BCUT2D eigenvalue weighted by molar-refractivity contribution is 0.0953. The second-order valence-corrected chi connectivity index (χ2v) is 4.91. The molecule has 0 radical (unpaired) electrons. The first-order valence-electron chi connectivity index (χ1n) is 7.31. The van der Waals surface area contributed by atoms with Crippen LogP contribution in [0.5, 0.6) is 11.5 Å². The smallest absolute Gasteiger partial charge is 0.270 e. The maximum Gasteiger partial charge on any atom is 0.270 e. The molecule has 7 heteroatoms. The molecule has 1 heterocycles. The lowest BCUT2D eigenvalue weighted by atomic mass is 10.2. The minimum absolute atomic E-state index is 0.282. The molecular formula is C17H20N4O3. The summed E-state index contributed by atoms with van der Waals surface area (Å²) in [7, 11) is 3.13. The molecule has 0 bridgehead atoms. The molecule has 0 aliphatic carbocycles. The van der Waals surface area contributed by atoms with Gasteiger partial charge in [0.2, 0.25) is 5.95 Å². The van der Waals surface area contributed by atoms with Crippen LogP contribution in [-0.4, -0.2) is 36.6 Å². The van der Waals surface area contributed by atoms with E-state index < -0.39 is 0 Å². The van der Waals surface area contributed by atoms with Crippen LogP contribution in [0.3, 0.4) is 0 Å². The van der Waals surface area contributed by atoms with Gasteiger partial charge in [-0.3, -0.25) is 4.79 Å². The van der Waals surface area contributed by atoms with Crippen LogP contribution in [0.4, 0.5) is 11.6 Å². The summed E-state index contributed by atoms with van der Waals surface area (Å²) in [4.78, 5) is 20.6. The average molecular weight is 328 g/mol. The van der Waals surface area contributed by atoms with Gasteiger partial charge in [-0.1, -0.05) is 6.08 Å². The summed E-state index contributed by atoms with van der Waals surface area (Å²) in [5, 5.41) is 5.75. The lowest BCUT2D eigenvalue weighted by Gasteiger charge is -2.11. The fraction of sp³-hybridized carbons (Fsp3) is 0.235. The number of aryl methyl sites for hydroxylation is 1. The highest BCUT2D eigenvalue weighted by atomic mass is 16.5. The average Bonchev–Trinajstić information content (AvgIpc) is 2.58. The van der Waals surface area contributed by atoms with Crippen molar-refractivity contribution in [3.63, 3.8) is 0 Å². The largest absolute Gasteiger partial charge is 0.493 e. The van der Waals surface area contributed by atoms with Gasteiger partial charge in [0, 0.05) is 24.0 Å². The summed E-state index contributed by atoms with van der Waals surface area (Å²) in [6, 6.07) is 6.97. The van der Waals surface area contributed by atoms with Gasteiger partial charge < -0.3 is 20.1 Å². The van der Waals surface area contributed by atoms with Crippen molar-refractivity contribution >= 4 is 17.5 Å². The van der Waals surface area contributed by atoms with E-state index in [1.165, 1.54) is 0 Å². The number of amides is 1. The second-order valence-electron chi connectivity index (χ2n) is 4.91. The Balaban J connectivity index is 2.25. The van der Waals surface area contributed by atoms with Crippen LogP contribution < -0.4 is 20.1 Å². The van der Waals surface area contributed by atoms with Crippen molar-refractivity contribution in [2.45, 2.75) is 6.92 Å². The van der Waals surface area contributed by atoms with Crippen molar-refractivity contribution in [2.75, 3.05) is 26.1 Å². The highest BCUT2D eigenvalue weighted by Crippen LogP contribution is 2.30. The standard InChI is InChI=1S/C17H20N4O3/c1-5-8-18-16(22)13-9-11(2)19-17(21-13)20-12-6-7-14(23-3)15(10-12)24-4/h5-7,9-10H,1,8H2,2-4H3,(H,18,22)(H,19,20,21). The monoisotopic (exact) mass is 328 g/mol.